The highest BCUT2D eigenvalue weighted by atomic mass is 16.5. The third-order valence-corrected chi connectivity index (χ3v) is 2.29. The number of fused-ring (bicyclic) bond motifs is 1. The first-order chi connectivity index (χ1) is 6.68. The zero-order valence-electron chi connectivity index (χ0n) is 8.40. The van der Waals surface area contributed by atoms with Crippen LogP contribution < -0.4 is 9.55 Å². The van der Waals surface area contributed by atoms with Gasteiger partial charge in [-0.15, -0.1) is 0 Å². The first-order valence-electron chi connectivity index (χ1n) is 4.73. The summed E-state index contributed by atoms with van der Waals surface area (Å²) in [6.07, 6.45) is 0. The molecule has 0 bridgehead atoms. The summed E-state index contributed by atoms with van der Waals surface area (Å²) in [5.74, 6) is 1.49. The van der Waals surface area contributed by atoms with E-state index in [0.29, 0.717) is 13.2 Å². The van der Waals surface area contributed by atoms with Gasteiger partial charge < -0.3 is 14.6 Å². The van der Waals surface area contributed by atoms with Gasteiger partial charge in [-0.25, -0.2) is 4.98 Å². The molecule has 1 aromatic heterocycles. The Bertz CT molecular complexity index is 344. The van der Waals surface area contributed by atoms with Gasteiger partial charge in [-0.05, 0) is 25.9 Å². The highest BCUT2D eigenvalue weighted by Crippen LogP contribution is 2.29. The van der Waals surface area contributed by atoms with Crippen LogP contribution in [-0.4, -0.2) is 30.2 Å². The number of hydrogen-bond acceptors (Lipinski definition) is 4. The van der Waals surface area contributed by atoms with Gasteiger partial charge in [0, 0.05) is 12.2 Å². The molecular formula is C9H13BN2O2. The average Bonchev–Trinajstić information content (AvgIpc) is 2.16. The molecule has 74 valence electrons. The fourth-order valence-corrected chi connectivity index (χ4v) is 1.57. The lowest BCUT2D eigenvalue weighted by Crippen LogP contribution is -2.43. The van der Waals surface area contributed by atoms with Gasteiger partial charge in [0.05, 0.1) is 0 Å². The second kappa shape index (κ2) is 3.50. The SMILES string of the molecule is CB(O)N1CCOc2ccc(C)nc21. The summed E-state index contributed by atoms with van der Waals surface area (Å²) in [6, 6.07) is 3.80. The van der Waals surface area contributed by atoms with Crippen molar-refractivity contribution in [1.82, 2.24) is 4.98 Å². The Labute approximate surface area is 83.7 Å². The molecule has 2 rings (SSSR count). The van der Waals surface area contributed by atoms with Gasteiger partial charge in [0.25, 0.3) is 0 Å². The summed E-state index contributed by atoms with van der Waals surface area (Å²) in [6.45, 7) is 4.94. The number of aromatic nitrogens is 1. The largest absolute Gasteiger partial charge is 0.488 e. The number of aryl methyl sites for hydroxylation is 1. The van der Waals surface area contributed by atoms with Gasteiger partial charge in [-0.2, -0.15) is 0 Å². The van der Waals surface area contributed by atoms with Crippen LogP contribution in [0.3, 0.4) is 0 Å². The van der Waals surface area contributed by atoms with Crippen LogP contribution in [0.2, 0.25) is 6.82 Å². The van der Waals surface area contributed by atoms with Crippen molar-refractivity contribution in [2.24, 2.45) is 0 Å². The maximum atomic E-state index is 9.55. The molecule has 0 saturated heterocycles. The molecular weight excluding hydrogens is 179 g/mol. The van der Waals surface area contributed by atoms with Gasteiger partial charge in [-0.1, -0.05) is 0 Å². The van der Waals surface area contributed by atoms with E-state index >= 15 is 0 Å². The van der Waals surface area contributed by atoms with Gasteiger partial charge in [0.1, 0.15) is 6.61 Å². The van der Waals surface area contributed by atoms with Crippen LogP contribution in [0.4, 0.5) is 5.82 Å². The minimum Gasteiger partial charge on any atom is -0.488 e. The van der Waals surface area contributed by atoms with Crippen molar-refractivity contribution >= 4 is 12.9 Å². The van der Waals surface area contributed by atoms with Crippen LogP contribution in [0, 0.1) is 6.92 Å². The average molecular weight is 192 g/mol. The lowest BCUT2D eigenvalue weighted by Gasteiger charge is -2.30. The molecule has 0 unspecified atom stereocenters. The molecule has 14 heavy (non-hydrogen) atoms. The van der Waals surface area contributed by atoms with E-state index < -0.39 is 7.05 Å². The molecule has 0 spiro atoms. The molecule has 0 aliphatic carbocycles. The Hall–Kier alpha value is -1.23. The van der Waals surface area contributed by atoms with E-state index in [0.717, 1.165) is 17.3 Å². The van der Waals surface area contributed by atoms with E-state index in [1.54, 1.807) is 6.82 Å². The Morgan fingerprint density at radius 1 is 1.57 bits per heavy atom. The predicted molar refractivity (Wildman–Crippen MR) is 55.7 cm³/mol. The van der Waals surface area contributed by atoms with Crippen LogP contribution in [0.25, 0.3) is 0 Å². The molecule has 0 aromatic carbocycles. The molecule has 5 heteroatoms. The number of rotatable bonds is 1. The Morgan fingerprint density at radius 3 is 3.07 bits per heavy atom. The fourth-order valence-electron chi connectivity index (χ4n) is 1.57. The summed E-state index contributed by atoms with van der Waals surface area (Å²) in [7, 11) is -0.521. The molecule has 1 N–H and O–H groups in total. The van der Waals surface area contributed by atoms with Gasteiger partial charge in [-0.3, -0.25) is 0 Å². The van der Waals surface area contributed by atoms with E-state index in [2.05, 4.69) is 4.98 Å². The van der Waals surface area contributed by atoms with E-state index in [1.165, 1.54) is 0 Å². The van der Waals surface area contributed by atoms with Crippen LogP contribution in [0.1, 0.15) is 5.69 Å². The maximum absolute atomic E-state index is 9.55. The van der Waals surface area contributed by atoms with E-state index in [-0.39, 0.29) is 0 Å². The van der Waals surface area contributed by atoms with Crippen LogP contribution in [-0.2, 0) is 0 Å². The van der Waals surface area contributed by atoms with Crippen molar-refractivity contribution in [3.63, 3.8) is 0 Å². The molecule has 0 saturated carbocycles. The monoisotopic (exact) mass is 192 g/mol. The quantitative estimate of drug-likeness (QED) is 0.665. The molecule has 0 radical (unpaired) electrons. The van der Waals surface area contributed by atoms with Crippen LogP contribution in [0.5, 0.6) is 5.75 Å². The third-order valence-electron chi connectivity index (χ3n) is 2.29. The van der Waals surface area contributed by atoms with E-state index in [1.807, 2.05) is 23.9 Å². The standard InChI is InChI=1S/C9H13BN2O2/c1-7-3-4-8-9(11-7)12(10(2)13)5-6-14-8/h3-4,13H,5-6H2,1-2H3. The second-order valence-corrected chi connectivity index (χ2v) is 3.45. The number of hydrogen-bond donors (Lipinski definition) is 1. The van der Waals surface area contributed by atoms with Crippen molar-refractivity contribution in [2.45, 2.75) is 13.7 Å². The fraction of sp³-hybridized carbons (Fsp3) is 0.444. The van der Waals surface area contributed by atoms with Crippen molar-refractivity contribution in [3.8, 4) is 5.75 Å². The topological polar surface area (TPSA) is 45.6 Å². The summed E-state index contributed by atoms with van der Waals surface area (Å²) in [4.78, 5) is 6.20. The summed E-state index contributed by atoms with van der Waals surface area (Å²) < 4.78 is 5.44. The Morgan fingerprint density at radius 2 is 2.36 bits per heavy atom. The number of nitrogens with zero attached hydrogens (tertiary/aromatic N) is 2. The predicted octanol–water partition coefficient (Wildman–Crippen LogP) is 0.699. The lowest BCUT2D eigenvalue weighted by molar-refractivity contribution is 0.311. The van der Waals surface area contributed by atoms with Crippen molar-refractivity contribution < 1.29 is 9.76 Å². The molecule has 2 heterocycles. The number of pyridine rings is 1. The van der Waals surface area contributed by atoms with Gasteiger partial charge in [0.2, 0.25) is 0 Å². The molecule has 1 aliphatic heterocycles. The second-order valence-electron chi connectivity index (χ2n) is 3.45. The summed E-state index contributed by atoms with van der Waals surface area (Å²) >= 11 is 0. The van der Waals surface area contributed by atoms with E-state index in [4.69, 9.17) is 4.74 Å². The minimum atomic E-state index is -0.521. The first kappa shape index (κ1) is 9.33. The van der Waals surface area contributed by atoms with Crippen LogP contribution >= 0.6 is 0 Å². The van der Waals surface area contributed by atoms with E-state index in [9.17, 15) is 5.02 Å². The third kappa shape index (κ3) is 1.55. The van der Waals surface area contributed by atoms with Crippen molar-refractivity contribution in [2.75, 3.05) is 18.0 Å². The number of anilines is 1. The molecule has 0 fully saturated rings. The highest BCUT2D eigenvalue weighted by molar-refractivity contribution is 6.53. The van der Waals surface area contributed by atoms with Crippen molar-refractivity contribution in [1.29, 1.82) is 0 Å². The highest BCUT2D eigenvalue weighted by Gasteiger charge is 2.25. The molecule has 1 aromatic rings. The summed E-state index contributed by atoms with van der Waals surface area (Å²) in [5, 5.41) is 9.55. The molecule has 0 atom stereocenters. The normalized spacial score (nSPS) is 14.6. The zero-order chi connectivity index (χ0) is 10.1. The Kier molecular flexibility index (Phi) is 2.33. The Balaban J connectivity index is 2.41. The molecule has 0 amide bonds. The summed E-state index contributed by atoms with van der Waals surface area (Å²) in [5.41, 5.74) is 0.930. The van der Waals surface area contributed by atoms with Crippen molar-refractivity contribution in [3.05, 3.63) is 17.8 Å². The van der Waals surface area contributed by atoms with Crippen LogP contribution in [0.15, 0.2) is 12.1 Å². The van der Waals surface area contributed by atoms with Gasteiger partial charge in [0.15, 0.2) is 11.6 Å². The molecule has 1 aliphatic rings. The minimum absolute atomic E-state index is 0.521. The first-order valence-corrected chi connectivity index (χ1v) is 4.73. The maximum Gasteiger partial charge on any atom is 0.410 e. The smallest absolute Gasteiger partial charge is 0.410 e. The molecule has 4 nitrogen and oxygen atoms in total. The number of ether oxygens (including phenoxy) is 1. The zero-order valence-corrected chi connectivity index (χ0v) is 8.40. The lowest BCUT2D eigenvalue weighted by atomic mass is 9.84. The van der Waals surface area contributed by atoms with Gasteiger partial charge >= 0.3 is 7.05 Å².